The van der Waals surface area contributed by atoms with Gasteiger partial charge in [0.25, 0.3) is 0 Å². The van der Waals surface area contributed by atoms with E-state index in [-0.39, 0.29) is 0 Å². The van der Waals surface area contributed by atoms with Gasteiger partial charge in [0.2, 0.25) is 0 Å². The van der Waals surface area contributed by atoms with E-state index in [4.69, 9.17) is 0 Å². The molecule has 0 radical (unpaired) electrons. The van der Waals surface area contributed by atoms with Gasteiger partial charge < -0.3 is 0 Å². The van der Waals surface area contributed by atoms with Crippen molar-refractivity contribution in [3.05, 3.63) is 0 Å². The van der Waals surface area contributed by atoms with Gasteiger partial charge in [0.05, 0.1) is 0 Å². The molecule has 0 aliphatic heterocycles. The SMILES string of the molecule is [CH3][ZrH]([CH3])[CH3]. The van der Waals surface area contributed by atoms with Crippen LogP contribution in [0.3, 0.4) is 0 Å². The Morgan fingerprint density at radius 2 is 1.00 bits per heavy atom. The minimum absolute atomic E-state index is 0.637. The summed E-state index contributed by atoms with van der Waals surface area (Å²) in [5.41, 5.74) is 0. The summed E-state index contributed by atoms with van der Waals surface area (Å²) in [7, 11) is 0. The Hall–Kier alpha value is 0.883. The quantitative estimate of drug-likeness (QED) is 0.474. The van der Waals surface area contributed by atoms with E-state index in [2.05, 4.69) is 13.9 Å². The summed E-state index contributed by atoms with van der Waals surface area (Å²) in [5, 5.41) is 0. The number of rotatable bonds is 0. The van der Waals surface area contributed by atoms with E-state index in [0.717, 1.165) is 0 Å². The van der Waals surface area contributed by atoms with E-state index in [0.29, 0.717) is 0 Å². The van der Waals surface area contributed by atoms with Crippen molar-refractivity contribution in [3.8, 4) is 0 Å². The van der Waals surface area contributed by atoms with Crippen molar-refractivity contribution in [2.24, 2.45) is 0 Å². The fourth-order valence-electron chi connectivity index (χ4n) is 0. The Kier molecular flexibility index (Phi) is 2.61. The van der Waals surface area contributed by atoms with Crippen LogP contribution in [-0.4, -0.2) is 0 Å². The first kappa shape index (κ1) is 4.88. The zero-order valence-electron chi connectivity index (χ0n) is 3.58. The summed E-state index contributed by atoms with van der Waals surface area (Å²) in [6, 6.07) is 0. The topological polar surface area (TPSA) is 0 Å². The van der Waals surface area contributed by atoms with E-state index in [1.807, 2.05) is 0 Å². The molecule has 0 nitrogen and oxygen atoms in total. The van der Waals surface area contributed by atoms with E-state index in [9.17, 15) is 0 Å². The van der Waals surface area contributed by atoms with Crippen LogP contribution in [0.2, 0.25) is 13.9 Å². The third-order valence-corrected chi connectivity index (χ3v) is 0. The Labute approximate surface area is 35.9 Å². The Morgan fingerprint density at radius 1 is 1.00 bits per heavy atom. The van der Waals surface area contributed by atoms with Gasteiger partial charge in [-0.2, -0.15) is 0 Å². The Morgan fingerprint density at radius 3 is 1.00 bits per heavy atom. The molecule has 0 saturated carbocycles. The zero-order valence-corrected chi connectivity index (χ0v) is 6.42. The van der Waals surface area contributed by atoms with Crippen molar-refractivity contribution >= 4 is 0 Å². The molecule has 26 valence electrons. The van der Waals surface area contributed by atoms with Gasteiger partial charge in [0.1, 0.15) is 0 Å². The summed E-state index contributed by atoms with van der Waals surface area (Å²) in [6.07, 6.45) is 0. The normalized spacial score (nSPS) is 9.00. The van der Waals surface area contributed by atoms with Crippen molar-refractivity contribution in [2.75, 3.05) is 0 Å². The number of hydrogen-bond acceptors (Lipinski definition) is 0. The molecule has 0 rings (SSSR count). The second-order valence-electron chi connectivity index (χ2n) is 1.73. The van der Waals surface area contributed by atoms with Gasteiger partial charge in [-0.25, -0.2) is 0 Å². The molecule has 0 aromatic heterocycles. The second-order valence-corrected chi connectivity index (χ2v) is 10.2. The van der Waals surface area contributed by atoms with Gasteiger partial charge >= 0.3 is 35.6 Å². The molecule has 0 aliphatic carbocycles. The first-order valence-corrected chi connectivity index (χ1v) is 10.2. The van der Waals surface area contributed by atoms with Crippen LogP contribution in [0.25, 0.3) is 0 Å². The molecule has 4 heavy (non-hydrogen) atoms. The molecule has 0 saturated heterocycles. The summed E-state index contributed by atoms with van der Waals surface area (Å²) in [5.74, 6) is 0. The van der Waals surface area contributed by atoms with E-state index in [1.54, 1.807) is 0 Å². The van der Waals surface area contributed by atoms with Crippen molar-refractivity contribution in [2.45, 2.75) is 13.9 Å². The molecule has 0 aliphatic rings. The molecule has 0 aromatic rings. The standard InChI is InChI=1S/3CH3.Zr.H/h3*1H3;;. The summed E-state index contributed by atoms with van der Waals surface area (Å²) in [4.78, 5) is 0. The van der Waals surface area contributed by atoms with Gasteiger partial charge in [-0.3, -0.25) is 0 Å². The van der Waals surface area contributed by atoms with Crippen LogP contribution in [0.5, 0.6) is 0 Å². The van der Waals surface area contributed by atoms with Crippen LogP contribution < -0.4 is 0 Å². The fourth-order valence-corrected chi connectivity index (χ4v) is 0. The number of hydrogen-bond donors (Lipinski definition) is 0. The summed E-state index contributed by atoms with van der Waals surface area (Å²) in [6.45, 7) is 0. The molecule has 0 N–H and O–H groups in total. The first-order chi connectivity index (χ1) is 1.73. The van der Waals surface area contributed by atoms with E-state index in [1.165, 1.54) is 0 Å². The van der Waals surface area contributed by atoms with Gasteiger partial charge in [0.15, 0.2) is 0 Å². The minimum atomic E-state index is -0.637. The van der Waals surface area contributed by atoms with E-state index >= 15 is 0 Å². The Balaban J connectivity index is 2.32. The molecule has 0 atom stereocenters. The molecule has 0 heterocycles. The van der Waals surface area contributed by atoms with Crippen LogP contribution in [0.1, 0.15) is 0 Å². The van der Waals surface area contributed by atoms with Crippen LogP contribution in [0.15, 0.2) is 0 Å². The Bertz CT molecular complexity index is 8.00. The summed E-state index contributed by atoms with van der Waals surface area (Å²) < 4.78 is 7.13. The van der Waals surface area contributed by atoms with Gasteiger partial charge in [-0.15, -0.1) is 0 Å². The molecule has 0 aromatic carbocycles. The van der Waals surface area contributed by atoms with Crippen LogP contribution in [0.4, 0.5) is 0 Å². The molecule has 0 unspecified atom stereocenters. The van der Waals surface area contributed by atoms with E-state index < -0.39 is 21.8 Å². The molecule has 0 spiro atoms. The predicted octanol–water partition coefficient (Wildman–Crippen LogP) is 1.48. The van der Waals surface area contributed by atoms with Gasteiger partial charge in [-0.05, 0) is 0 Å². The molecule has 0 bridgehead atoms. The van der Waals surface area contributed by atoms with Crippen molar-refractivity contribution in [3.63, 3.8) is 0 Å². The fraction of sp³-hybridized carbons (Fsp3) is 1.00. The third kappa shape index (κ3) is 13.1. The van der Waals surface area contributed by atoms with Crippen molar-refractivity contribution in [1.82, 2.24) is 0 Å². The second kappa shape index (κ2) is 2.14. The van der Waals surface area contributed by atoms with Crippen LogP contribution >= 0.6 is 0 Å². The maximum absolute atomic E-state index is 2.38. The monoisotopic (exact) mass is 136 g/mol. The third-order valence-electron chi connectivity index (χ3n) is 0. The first-order valence-electron chi connectivity index (χ1n) is 1.73. The maximum atomic E-state index is 2.38. The molecular formula is C3H10Zr. The molecule has 0 amide bonds. The molecular weight excluding hydrogens is 127 g/mol. The van der Waals surface area contributed by atoms with Gasteiger partial charge in [0, 0.05) is 0 Å². The summed E-state index contributed by atoms with van der Waals surface area (Å²) >= 11 is -0.637. The van der Waals surface area contributed by atoms with Crippen molar-refractivity contribution in [1.29, 1.82) is 0 Å². The molecule has 1 heteroatoms. The van der Waals surface area contributed by atoms with Crippen molar-refractivity contribution < 1.29 is 21.8 Å². The van der Waals surface area contributed by atoms with Crippen LogP contribution in [0, 0.1) is 0 Å². The average molecular weight is 137 g/mol. The van der Waals surface area contributed by atoms with Gasteiger partial charge in [-0.1, -0.05) is 0 Å². The average Bonchev–Trinajstić information content (AvgIpc) is 0.811. The van der Waals surface area contributed by atoms with Crippen LogP contribution in [-0.2, 0) is 21.8 Å². The molecule has 0 fully saturated rings. The predicted molar refractivity (Wildman–Crippen MR) is 19.0 cm³/mol. The zero-order chi connectivity index (χ0) is 3.58.